The molecular weight excluding hydrogens is 296 g/mol. The van der Waals surface area contributed by atoms with Crippen molar-refractivity contribution in [2.45, 2.75) is 32.2 Å². The lowest BCUT2D eigenvalue weighted by atomic mass is 10.0. The number of carbonyl (C=O) groups excluding carboxylic acids is 1. The smallest absolute Gasteiger partial charge is 0.326 e. The number of carboxylic acid groups (broad SMARTS) is 1. The van der Waals surface area contributed by atoms with Crippen LogP contribution in [0.4, 0.5) is 0 Å². The van der Waals surface area contributed by atoms with Crippen LogP contribution in [-0.2, 0) is 11.2 Å². The number of carbonyl (C=O) groups is 2. The van der Waals surface area contributed by atoms with Crippen molar-refractivity contribution in [2.24, 2.45) is 0 Å². The van der Waals surface area contributed by atoms with Crippen LogP contribution in [0.3, 0.4) is 0 Å². The summed E-state index contributed by atoms with van der Waals surface area (Å²) in [5, 5.41) is 13.3. The highest BCUT2D eigenvalue weighted by Crippen LogP contribution is 2.17. The topological polar surface area (TPSA) is 83.6 Å². The summed E-state index contributed by atoms with van der Waals surface area (Å²) in [6, 6.07) is 9.78. The summed E-state index contributed by atoms with van der Waals surface area (Å²) in [5.41, 5.74) is 1.51. The van der Waals surface area contributed by atoms with Gasteiger partial charge in [0.15, 0.2) is 0 Å². The third kappa shape index (κ3) is 3.97. The SMILES string of the molecule is CC(C)c1cc(C(=O)N(C)C(Cc2ccccc2)C(=O)O)on1. The molecule has 1 aromatic heterocycles. The van der Waals surface area contributed by atoms with Crippen molar-refractivity contribution in [2.75, 3.05) is 7.05 Å². The van der Waals surface area contributed by atoms with Crippen LogP contribution in [0.2, 0.25) is 0 Å². The number of carboxylic acids is 1. The van der Waals surface area contributed by atoms with Gasteiger partial charge < -0.3 is 14.5 Å². The van der Waals surface area contributed by atoms with E-state index in [1.807, 2.05) is 44.2 Å². The van der Waals surface area contributed by atoms with Crippen molar-refractivity contribution in [3.63, 3.8) is 0 Å². The molecule has 0 aliphatic heterocycles. The first-order valence-electron chi connectivity index (χ1n) is 7.40. The highest BCUT2D eigenvalue weighted by molar-refractivity contribution is 5.94. The number of rotatable bonds is 6. The lowest BCUT2D eigenvalue weighted by Crippen LogP contribution is -2.43. The first-order chi connectivity index (χ1) is 10.9. The normalized spacial score (nSPS) is 12.2. The van der Waals surface area contributed by atoms with E-state index in [0.717, 1.165) is 5.56 Å². The molecule has 0 aliphatic rings. The standard InChI is InChI=1S/C17H20N2O4/c1-11(2)13-10-15(23-18-13)16(20)19(3)14(17(21)22)9-12-7-5-4-6-8-12/h4-8,10-11,14H,9H2,1-3H3,(H,21,22). The van der Waals surface area contributed by atoms with E-state index in [-0.39, 0.29) is 18.1 Å². The molecular formula is C17H20N2O4. The molecule has 1 heterocycles. The van der Waals surface area contributed by atoms with E-state index in [2.05, 4.69) is 5.16 Å². The largest absolute Gasteiger partial charge is 0.480 e. The second-order valence-electron chi connectivity index (χ2n) is 5.73. The molecule has 0 radical (unpaired) electrons. The fourth-order valence-electron chi connectivity index (χ4n) is 2.20. The summed E-state index contributed by atoms with van der Waals surface area (Å²) >= 11 is 0. The first-order valence-corrected chi connectivity index (χ1v) is 7.40. The van der Waals surface area contributed by atoms with Gasteiger partial charge in [0.25, 0.3) is 5.91 Å². The molecule has 6 nitrogen and oxygen atoms in total. The molecule has 2 rings (SSSR count). The van der Waals surface area contributed by atoms with Gasteiger partial charge in [0.05, 0.1) is 5.69 Å². The third-order valence-corrected chi connectivity index (χ3v) is 3.68. The highest BCUT2D eigenvalue weighted by Gasteiger charge is 2.29. The number of amides is 1. The fourth-order valence-corrected chi connectivity index (χ4v) is 2.20. The molecule has 0 saturated carbocycles. The monoisotopic (exact) mass is 316 g/mol. The maximum Gasteiger partial charge on any atom is 0.326 e. The minimum atomic E-state index is -1.06. The van der Waals surface area contributed by atoms with Crippen molar-refractivity contribution >= 4 is 11.9 Å². The molecule has 0 spiro atoms. The fraction of sp³-hybridized carbons (Fsp3) is 0.353. The molecule has 6 heteroatoms. The van der Waals surface area contributed by atoms with Crippen molar-refractivity contribution < 1.29 is 19.2 Å². The summed E-state index contributed by atoms with van der Waals surface area (Å²) in [7, 11) is 1.46. The van der Waals surface area contributed by atoms with Crippen LogP contribution < -0.4 is 0 Å². The van der Waals surface area contributed by atoms with Crippen LogP contribution in [0.1, 0.15) is 41.6 Å². The van der Waals surface area contributed by atoms with E-state index >= 15 is 0 Å². The van der Waals surface area contributed by atoms with Gasteiger partial charge in [-0.15, -0.1) is 0 Å². The Morgan fingerprint density at radius 3 is 2.43 bits per heavy atom. The summed E-state index contributed by atoms with van der Waals surface area (Å²) in [4.78, 5) is 25.2. The predicted octanol–water partition coefficient (Wildman–Crippen LogP) is 2.57. The zero-order chi connectivity index (χ0) is 17.0. The molecule has 0 bridgehead atoms. The molecule has 1 N–H and O–H groups in total. The average molecular weight is 316 g/mol. The van der Waals surface area contributed by atoms with Gasteiger partial charge in [-0.3, -0.25) is 4.79 Å². The van der Waals surface area contributed by atoms with E-state index in [0.29, 0.717) is 5.69 Å². The van der Waals surface area contributed by atoms with Crippen molar-refractivity contribution in [1.82, 2.24) is 10.1 Å². The molecule has 0 saturated heterocycles. The first kappa shape index (κ1) is 16.7. The molecule has 23 heavy (non-hydrogen) atoms. The number of benzene rings is 1. The molecule has 0 fully saturated rings. The van der Waals surface area contributed by atoms with Gasteiger partial charge in [-0.05, 0) is 11.5 Å². The molecule has 1 unspecified atom stereocenters. The summed E-state index contributed by atoms with van der Waals surface area (Å²) in [6.45, 7) is 3.87. The van der Waals surface area contributed by atoms with Crippen LogP contribution in [0.25, 0.3) is 0 Å². The average Bonchev–Trinajstić information content (AvgIpc) is 3.02. The van der Waals surface area contributed by atoms with E-state index < -0.39 is 17.9 Å². The lowest BCUT2D eigenvalue weighted by Gasteiger charge is -2.23. The van der Waals surface area contributed by atoms with Gasteiger partial charge in [0.1, 0.15) is 6.04 Å². The molecule has 1 atom stereocenters. The maximum atomic E-state index is 12.4. The van der Waals surface area contributed by atoms with Gasteiger partial charge in [-0.25, -0.2) is 4.79 Å². The zero-order valence-electron chi connectivity index (χ0n) is 13.4. The molecule has 2 aromatic rings. The van der Waals surface area contributed by atoms with Gasteiger partial charge in [-0.1, -0.05) is 49.3 Å². The van der Waals surface area contributed by atoms with E-state index in [4.69, 9.17) is 4.52 Å². The number of aliphatic carboxylic acids is 1. The highest BCUT2D eigenvalue weighted by atomic mass is 16.5. The van der Waals surface area contributed by atoms with Crippen LogP contribution >= 0.6 is 0 Å². The Morgan fingerprint density at radius 2 is 1.91 bits per heavy atom. The number of likely N-dealkylation sites (N-methyl/N-ethyl adjacent to an activating group) is 1. The molecule has 1 amide bonds. The van der Waals surface area contributed by atoms with Crippen LogP contribution in [0.5, 0.6) is 0 Å². The lowest BCUT2D eigenvalue weighted by molar-refractivity contribution is -0.141. The summed E-state index contributed by atoms with van der Waals surface area (Å²) < 4.78 is 5.05. The number of aromatic nitrogens is 1. The molecule has 1 aromatic carbocycles. The summed E-state index contributed by atoms with van der Waals surface area (Å²) in [5.74, 6) is -1.37. The quantitative estimate of drug-likeness (QED) is 0.885. The second-order valence-corrected chi connectivity index (χ2v) is 5.73. The number of hydrogen-bond donors (Lipinski definition) is 1. The molecule has 122 valence electrons. The third-order valence-electron chi connectivity index (χ3n) is 3.68. The van der Waals surface area contributed by atoms with Crippen molar-refractivity contribution in [3.05, 3.63) is 53.4 Å². The Balaban J connectivity index is 2.17. The Bertz CT molecular complexity index is 679. The minimum absolute atomic E-state index is 0.0514. The van der Waals surface area contributed by atoms with Gasteiger partial charge in [0.2, 0.25) is 5.76 Å². The Morgan fingerprint density at radius 1 is 1.26 bits per heavy atom. The Labute approximate surface area is 134 Å². The van der Waals surface area contributed by atoms with Crippen LogP contribution in [-0.4, -0.2) is 40.1 Å². The van der Waals surface area contributed by atoms with Gasteiger partial charge >= 0.3 is 5.97 Å². The van der Waals surface area contributed by atoms with Gasteiger partial charge in [-0.2, -0.15) is 0 Å². The van der Waals surface area contributed by atoms with E-state index in [1.54, 1.807) is 6.07 Å². The Kier molecular flexibility index (Phi) is 5.16. The second kappa shape index (κ2) is 7.09. The molecule has 0 aliphatic carbocycles. The predicted molar refractivity (Wildman–Crippen MR) is 84.3 cm³/mol. The number of nitrogens with zero attached hydrogens (tertiary/aromatic N) is 2. The van der Waals surface area contributed by atoms with Crippen LogP contribution in [0.15, 0.2) is 40.9 Å². The zero-order valence-corrected chi connectivity index (χ0v) is 13.4. The van der Waals surface area contributed by atoms with E-state index in [9.17, 15) is 14.7 Å². The van der Waals surface area contributed by atoms with Crippen molar-refractivity contribution in [3.8, 4) is 0 Å². The summed E-state index contributed by atoms with van der Waals surface area (Å²) in [6.07, 6.45) is 0.226. The number of hydrogen-bond acceptors (Lipinski definition) is 4. The van der Waals surface area contributed by atoms with E-state index in [1.165, 1.54) is 11.9 Å². The minimum Gasteiger partial charge on any atom is -0.480 e. The maximum absolute atomic E-state index is 12.4. The van der Waals surface area contributed by atoms with Gasteiger partial charge in [0, 0.05) is 19.5 Å². The van der Waals surface area contributed by atoms with Crippen molar-refractivity contribution in [1.29, 1.82) is 0 Å². The van der Waals surface area contributed by atoms with Crippen LogP contribution in [0, 0.1) is 0 Å². The Hall–Kier alpha value is -2.63.